The molecule has 0 saturated carbocycles. The lowest BCUT2D eigenvalue weighted by Gasteiger charge is -2.21. The molecule has 0 aliphatic heterocycles. The van der Waals surface area contributed by atoms with Crippen LogP contribution in [0.25, 0.3) is 118 Å². The molecule has 0 spiro atoms. The van der Waals surface area contributed by atoms with Gasteiger partial charge in [0, 0.05) is 41.9 Å². The molecule has 10 aromatic carbocycles. The van der Waals surface area contributed by atoms with Crippen molar-refractivity contribution in [2.45, 2.75) is 0 Å². The average Bonchev–Trinajstić information content (AvgIpc) is 3.75. The van der Waals surface area contributed by atoms with Gasteiger partial charge in [-0.1, -0.05) is 140 Å². The molecule has 12 aromatic rings. The summed E-state index contributed by atoms with van der Waals surface area (Å²) in [7, 11) is 0. The van der Waals surface area contributed by atoms with Gasteiger partial charge in [0.25, 0.3) is 0 Å². The third-order valence-electron chi connectivity index (χ3n) is 11.0. The van der Waals surface area contributed by atoms with Gasteiger partial charge in [-0.2, -0.15) is 0 Å². The van der Waals surface area contributed by atoms with E-state index >= 15 is 0 Å². The molecule has 0 saturated heterocycles. The van der Waals surface area contributed by atoms with Gasteiger partial charge in [-0.3, -0.25) is 0 Å². The number of para-hydroxylation sites is 1. The molecule has 0 bridgehead atoms. The van der Waals surface area contributed by atoms with Crippen LogP contribution in [0.2, 0.25) is 0 Å². The Hall–Kier alpha value is -6.22. The van der Waals surface area contributed by atoms with Gasteiger partial charge >= 0.3 is 0 Å². The van der Waals surface area contributed by atoms with Gasteiger partial charge in [0.15, 0.2) is 0 Å². The van der Waals surface area contributed by atoms with Crippen LogP contribution in [0.1, 0.15) is 0 Å². The standard InChI is InChI=1S/C48H26OS/c1-2-14-33-32(13-1)44(35-24-22-29-20-19-27-9-7-10-28-21-23-34(35)43(29)42(27)28)45(39-16-8-15-37-31-12-4-6-18-41(31)50-48(37)39)38-26-25-36-30-11-3-5-17-40(30)49-47(36)46(33)38/h1-26H. The first-order valence-electron chi connectivity index (χ1n) is 17.2. The van der Waals surface area contributed by atoms with E-state index in [1.807, 2.05) is 11.3 Å². The Kier molecular flexibility index (Phi) is 5.18. The second-order valence-electron chi connectivity index (χ2n) is 13.5. The number of furan rings is 1. The highest BCUT2D eigenvalue weighted by Crippen LogP contribution is 2.52. The lowest BCUT2D eigenvalue weighted by atomic mass is 9.81. The van der Waals surface area contributed by atoms with Crippen molar-refractivity contribution in [2.75, 3.05) is 0 Å². The van der Waals surface area contributed by atoms with Crippen LogP contribution in [0, 0.1) is 0 Å². The molecular weight excluding hydrogens is 625 g/mol. The van der Waals surface area contributed by atoms with Gasteiger partial charge in [-0.05, 0) is 83.4 Å². The summed E-state index contributed by atoms with van der Waals surface area (Å²) in [5.41, 5.74) is 6.91. The summed E-state index contributed by atoms with van der Waals surface area (Å²) in [6.07, 6.45) is 0. The third kappa shape index (κ3) is 3.41. The predicted molar refractivity (Wildman–Crippen MR) is 216 cm³/mol. The highest BCUT2D eigenvalue weighted by molar-refractivity contribution is 7.26. The molecule has 0 N–H and O–H groups in total. The van der Waals surface area contributed by atoms with Crippen LogP contribution in [-0.2, 0) is 0 Å². The Morgan fingerprint density at radius 2 is 0.960 bits per heavy atom. The fourth-order valence-electron chi connectivity index (χ4n) is 8.91. The fourth-order valence-corrected chi connectivity index (χ4v) is 10.1. The van der Waals surface area contributed by atoms with E-state index in [0.717, 1.165) is 21.9 Å². The van der Waals surface area contributed by atoms with Crippen molar-refractivity contribution < 1.29 is 4.42 Å². The molecule has 2 heterocycles. The van der Waals surface area contributed by atoms with E-state index in [4.69, 9.17) is 4.42 Å². The first-order chi connectivity index (χ1) is 24.8. The zero-order chi connectivity index (χ0) is 32.5. The van der Waals surface area contributed by atoms with E-state index in [0.29, 0.717) is 0 Å². The van der Waals surface area contributed by atoms with Crippen molar-refractivity contribution in [1.82, 2.24) is 0 Å². The minimum atomic E-state index is 0.920. The zero-order valence-corrected chi connectivity index (χ0v) is 27.6. The highest BCUT2D eigenvalue weighted by atomic mass is 32.1. The van der Waals surface area contributed by atoms with Crippen LogP contribution in [0.4, 0.5) is 0 Å². The van der Waals surface area contributed by atoms with E-state index in [1.54, 1.807) is 0 Å². The quantitative estimate of drug-likeness (QED) is 0.170. The Bertz CT molecular complexity index is 3360. The third-order valence-corrected chi connectivity index (χ3v) is 12.2. The summed E-state index contributed by atoms with van der Waals surface area (Å²) in [5, 5.41) is 17.5. The van der Waals surface area contributed by atoms with Gasteiger partial charge in [-0.25, -0.2) is 0 Å². The molecule has 0 radical (unpaired) electrons. The second-order valence-corrected chi connectivity index (χ2v) is 14.6. The summed E-state index contributed by atoms with van der Waals surface area (Å²) in [6.45, 7) is 0. The second kappa shape index (κ2) is 9.69. The summed E-state index contributed by atoms with van der Waals surface area (Å²) in [6, 6.07) is 58.2. The van der Waals surface area contributed by atoms with E-state index < -0.39 is 0 Å². The molecule has 0 amide bonds. The number of fused-ring (bicyclic) bond motifs is 10. The summed E-state index contributed by atoms with van der Waals surface area (Å²) in [5.74, 6) is 0. The molecule has 2 aromatic heterocycles. The van der Waals surface area contributed by atoms with Crippen LogP contribution in [0.15, 0.2) is 162 Å². The Labute approximate surface area is 290 Å². The maximum atomic E-state index is 6.80. The van der Waals surface area contributed by atoms with Gasteiger partial charge in [-0.15, -0.1) is 11.3 Å². The molecule has 230 valence electrons. The smallest absolute Gasteiger partial charge is 0.143 e. The van der Waals surface area contributed by atoms with Crippen molar-refractivity contribution in [2.24, 2.45) is 0 Å². The molecule has 0 aliphatic rings. The molecule has 50 heavy (non-hydrogen) atoms. The molecule has 12 rings (SSSR count). The highest BCUT2D eigenvalue weighted by Gasteiger charge is 2.25. The summed E-state index contributed by atoms with van der Waals surface area (Å²) >= 11 is 1.89. The molecule has 1 nitrogen and oxygen atoms in total. The first-order valence-corrected chi connectivity index (χ1v) is 18.0. The molecule has 0 aliphatic carbocycles. The predicted octanol–water partition coefficient (Wildman–Crippen LogP) is 14.5. The Balaban J connectivity index is 1.34. The minimum Gasteiger partial charge on any atom is -0.455 e. The van der Waals surface area contributed by atoms with Crippen molar-refractivity contribution in [3.05, 3.63) is 158 Å². The Morgan fingerprint density at radius 3 is 1.84 bits per heavy atom. The monoisotopic (exact) mass is 650 g/mol. The SMILES string of the molecule is c1cc2ccc3ccc(-c4c(-c5cccc6c5sc5ccccc56)c5ccc6c7ccccc7oc6c5c5ccccc45)c4ccc(c1)c2c34. The molecule has 0 atom stereocenters. The van der Waals surface area contributed by atoms with E-state index in [9.17, 15) is 0 Å². The maximum Gasteiger partial charge on any atom is 0.143 e. The average molecular weight is 651 g/mol. The maximum absolute atomic E-state index is 6.80. The molecule has 0 unspecified atom stereocenters. The van der Waals surface area contributed by atoms with E-state index in [1.165, 1.54) is 96.3 Å². The van der Waals surface area contributed by atoms with Crippen LogP contribution in [0.5, 0.6) is 0 Å². The van der Waals surface area contributed by atoms with Crippen molar-refractivity contribution >= 4 is 107 Å². The Morgan fingerprint density at radius 1 is 0.340 bits per heavy atom. The number of rotatable bonds is 2. The number of thiophene rings is 1. The van der Waals surface area contributed by atoms with Gasteiger partial charge in [0.1, 0.15) is 11.2 Å². The molecule has 2 heteroatoms. The van der Waals surface area contributed by atoms with Crippen LogP contribution in [-0.4, -0.2) is 0 Å². The lowest BCUT2D eigenvalue weighted by Crippen LogP contribution is -1.94. The van der Waals surface area contributed by atoms with Crippen molar-refractivity contribution in [3.63, 3.8) is 0 Å². The van der Waals surface area contributed by atoms with Crippen LogP contribution in [0.3, 0.4) is 0 Å². The lowest BCUT2D eigenvalue weighted by molar-refractivity contribution is 0.673. The summed E-state index contributed by atoms with van der Waals surface area (Å²) in [4.78, 5) is 0. The molecule has 0 fully saturated rings. The van der Waals surface area contributed by atoms with Gasteiger partial charge < -0.3 is 4.42 Å². The van der Waals surface area contributed by atoms with E-state index in [-0.39, 0.29) is 0 Å². The zero-order valence-electron chi connectivity index (χ0n) is 26.8. The van der Waals surface area contributed by atoms with Crippen molar-refractivity contribution in [1.29, 1.82) is 0 Å². The first kappa shape index (κ1) is 26.7. The minimum absolute atomic E-state index is 0.920. The number of hydrogen-bond acceptors (Lipinski definition) is 2. The van der Waals surface area contributed by atoms with E-state index in [2.05, 4.69) is 158 Å². The van der Waals surface area contributed by atoms with Gasteiger partial charge in [0.05, 0.1) is 0 Å². The summed E-state index contributed by atoms with van der Waals surface area (Å²) < 4.78 is 9.42. The normalized spacial score (nSPS) is 12.4. The van der Waals surface area contributed by atoms with Crippen LogP contribution >= 0.6 is 11.3 Å². The fraction of sp³-hybridized carbons (Fsp3) is 0. The molecular formula is C48H26OS. The number of benzene rings is 10. The van der Waals surface area contributed by atoms with Crippen LogP contribution < -0.4 is 0 Å². The van der Waals surface area contributed by atoms with Gasteiger partial charge in [0.2, 0.25) is 0 Å². The largest absolute Gasteiger partial charge is 0.455 e. The topological polar surface area (TPSA) is 13.1 Å². The van der Waals surface area contributed by atoms with Crippen molar-refractivity contribution in [3.8, 4) is 22.3 Å². The number of hydrogen-bond donors (Lipinski definition) is 0.